The highest BCUT2D eigenvalue weighted by molar-refractivity contribution is 6.85. The van der Waals surface area contributed by atoms with Crippen LogP contribution in [0.2, 0.25) is 10.0 Å². The molecule has 8 aromatic rings. The normalized spacial score (nSPS) is 13.1. The van der Waals surface area contributed by atoms with Crippen molar-refractivity contribution in [1.82, 2.24) is 0 Å². The van der Waals surface area contributed by atoms with E-state index in [4.69, 9.17) is 23.2 Å². The Morgan fingerprint density at radius 3 is 1.08 bits per heavy atom. The number of anilines is 10. The van der Waals surface area contributed by atoms with Crippen LogP contribution in [0.15, 0.2) is 176 Å². The van der Waals surface area contributed by atoms with Crippen LogP contribution in [0.5, 0.6) is 0 Å². The lowest BCUT2D eigenvalue weighted by Crippen LogP contribution is -2.55. The summed E-state index contributed by atoms with van der Waals surface area (Å²) in [6.07, 6.45) is 0. The predicted octanol–water partition coefficient (Wildman–Crippen LogP) is 19.4. The van der Waals surface area contributed by atoms with E-state index >= 15 is 0 Å². The molecule has 0 N–H and O–H groups in total. The van der Waals surface area contributed by atoms with Crippen molar-refractivity contribution >= 4 is 92.5 Å². The molecule has 0 radical (unpaired) electrons. The Morgan fingerprint density at radius 2 is 0.712 bits per heavy atom. The summed E-state index contributed by atoms with van der Waals surface area (Å²) in [5, 5.41) is 1.14. The first kappa shape index (κ1) is 51.5. The number of benzene rings is 8. The highest BCUT2D eigenvalue weighted by Gasteiger charge is 2.46. The summed E-state index contributed by atoms with van der Waals surface area (Å²) in [6.45, 7) is 31.5. The summed E-state index contributed by atoms with van der Waals surface area (Å²) in [6, 6.07) is 64.0. The van der Waals surface area contributed by atoms with E-state index in [1.54, 1.807) is 0 Å². The average molecular weight is 1000 g/mol. The van der Waals surface area contributed by atoms with Gasteiger partial charge in [0.2, 0.25) is 0 Å². The van der Waals surface area contributed by atoms with Crippen molar-refractivity contribution in [1.29, 1.82) is 0 Å². The van der Waals surface area contributed by atoms with Crippen LogP contribution in [0, 0.1) is 13.8 Å². The molecule has 1 aliphatic heterocycles. The Labute approximate surface area is 447 Å². The van der Waals surface area contributed by atoms with E-state index in [9.17, 15) is 0 Å². The summed E-state index contributed by atoms with van der Waals surface area (Å²) in [5.74, 6) is 0. The van der Waals surface area contributed by atoms with Crippen LogP contribution in [0.3, 0.4) is 0 Å². The molecule has 0 atom stereocenters. The predicted molar refractivity (Wildman–Crippen MR) is 319 cm³/mol. The molecule has 1 aliphatic rings. The van der Waals surface area contributed by atoms with E-state index in [2.05, 4.69) is 280 Å². The third kappa shape index (κ3) is 10.3. The van der Waals surface area contributed by atoms with Gasteiger partial charge in [0.25, 0.3) is 0 Å². The smallest absolute Gasteiger partial charge is 0.360 e. The summed E-state index contributed by atoms with van der Waals surface area (Å²) in [4.78, 5) is 9.56. The molecular weight excluding hydrogens is 930 g/mol. The number of hydrogen-bond donors (Lipinski definition) is 0. The monoisotopic (exact) mass is 1000 g/mol. The van der Waals surface area contributed by atoms with E-state index in [0.29, 0.717) is 10.0 Å². The second kappa shape index (κ2) is 19.5. The van der Waals surface area contributed by atoms with Gasteiger partial charge >= 0.3 is 6.98 Å². The Balaban J connectivity index is 1.30. The van der Waals surface area contributed by atoms with Gasteiger partial charge in [0.15, 0.2) is 0 Å². The number of halogens is 2. The lowest BCUT2D eigenvalue weighted by Gasteiger charge is -2.33. The largest absolute Gasteiger partial charge is 0.421 e. The van der Waals surface area contributed by atoms with Crippen molar-refractivity contribution in [2.75, 3.05) is 19.4 Å². The molecule has 0 saturated carbocycles. The van der Waals surface area contributed by atoms with Crippen LogP contribution in [-0.4, -0.2) is 6.98 Å². The van der Waals surface area contributed by atoms with Gasteiger partial charge in [-0.25, -0.2) is 0 Å². The van der Waals surface area contributed by atoms with Crippen LogP contribution >= 0.6 is 23.2 Å². The van der Waals surface area contributed by atoms with Crippen LogP contribution in [0.1, 0.15) is 116 Å². The Bertz CT molecular complexity index is 3170. The van der Waals surface area contributed by atoms with E-state index in [-0.39, 0.29) is 28.6 Å². The van der Waals surface area contributed by atoms with E-state index in [1.165, 1.54) is 38.8 Å². The minimum Gasteiger partial charge on any atom is -0.360 e. The Kier molecular flexibility index (Phi) is 13.7. The number of hydrogen-bond acceptors (Lipinski definition) is 4. The molecular formula is C66H71BCl2N4. The van der Waals surface area contributed by atoms with Gasteiger partial charge < -0.3 is 19.4 Å². The van der Waals surface area contributed by atoms with Gasteiger partial charge in [0.1, 0.15) is 0 Å². The topological polar surface area (TPSA) is 13.0 Å². The van der Waals surface area contributed by atoms with E-state index < -0.39 is 0 Å². The quantitative estimate of drug-likeness (QED) is 0.134. The molecule has 7 heteroatoms. The van der Waals surface area contributed by atoms with Crippen LogP contribution in [0.4, 0.5) is 56.9 Å². The van der Waals surface area contributed by atoms with Gasteiger partial charge in [-0.3, -0.25) is 0 Å². The number of para-hydroxylation sites is 2. The van der Waals surface area contributed by atoms with Gasteiger partial charge in [0, 0.05) is 39.1 Å². The highest BCUT2D eigenvalue weighted by atomic mass is 35.5. The fraction of sp³-hybridized carbons (Fsp3) is 0.273. The van der Waals surface area contributed by atoms with E-state index in [0.717, 1.165) is 56.9 Å². The summed E-state index contributed by atoms with van der Waals surface area (Å²) in [5.41, 5.74) is 18.6. The van der Waals surface area contributed by atoms with Crippen LogP contribution in [0.25, 0.3) is 0 Å². The van der Waals surface area contributed by atoms with Gasteiger partial charge in [-0.05, 0) is 154 Å². The first-order chi connectivity index (χ1) is 34.4. The molecule has 0 spiro atoms. The maximum atomic E-state index is 8.05. The van der Waals surface area contributed by atoms with E-state index in [1.807, 2.05) is 12.1 Å². The molecule has 0 aromatic heterocycles. The molecule has 9 rings (SSSR count). The molecule has 0 bridgehead atoms. The Hall–Kier alpha value is -6.40. The molecule has 1 heterocycles. The number of nitrogens with zero attached hydrogens (tertiary/aromatic N) is 4. The first-order valence-electron chi connectivity index (χ1n) is 25.8. The van der Waals surface area contributed by atoms with Gasteiger partial charge in [-0.2, -0.15) is 0 Å². The third-order valence-electron chi connectivity index (χ3n) is 14.5. The maximum Gasteiger partial charge on any atom is 0.421 e. The molecule has 0 saturated heterocycles. The minimum atomic E-state index is -0.201. The number of aryl methyl sites for hydroxylation is 2. The molecule has 0 fully saturated rings. The zero-order chi connectivity index (χ0) is 52.4. The third-order valence-corrected chi connectivity index (χ3v) is 15.1. The summed E-state index contributed by atoms with van der Waals surface area (Å²) < 4.78 is 0. The zero-order valence-corrected chi connectivity index (χ0v) is 46.9. The minimum absolute atomic E-state index is 0.000635. The molecule has 73 heavy (non-hydrogen) atoms. The fourth-order valence-electron chi connectivity index (χ4n) is 10.3. The lowest BCUT2D eigenvalue weighted by molar-refractivity contribution is 0.589. The zero-order valence-electron chi connectivity index (χ0n) is 45.4. The number of rotatable bonds is 9. The molecule has 4 nitrogen and oxygen atoms in total. The van der Waals surface area contributed by atoms with Crippen molar-refractivity contribution in [3.8, 4) is 0 Å². The van der Waals surface area contributed by atoms with Gasteiger partial charge in [-0.1, -0.05) is 202 Å². The molecule has 8 aromatic carbocycles. The van der Waals surface area contributed by atoms with Gasteiger partial charge in [-0.15, -0.1) is 0 Å². The standard InChI is InChI=1S/C66H71BCl2N4/c1-44-39-49(66(12,13)14)40-45(2)61(44)67-72(54-21-17-15-18-22-54)57-38-37-56(43-58(57)73(67)55-23-19-16-20-24-55)71(53-35-29-48(30-36-53)65(9,10)11)60-42-50(68)41-59(62(60)69)70(51-31-25-46(26-32-51)63(3,4)5)52-33-27-47(28-34-52)64(6,7)8/h15-43H,1-14H3. The second-order valence-electron chi connectivity index (χ2n) is 24.1. The fourth-order valence-corrected chi connectivity index (χ4v) is 10.8. The maximum absolute atomic E-state index is 8.05. The van der Waals surface area contributed by atoms with Crippen LogP contribution < -0.4 is 24.9 Å². The average Bonchev–Trinajstić information content (AvgIpc) is 3.66. The lowest BCUT2D eigenvalue weighted by atomic mass is 9.60. The van der Waals surface area contributed by atoms with Crippen molar-refractivity contribution < 1.29 is 0 Å². The van der Waals surface area contributed by atoms with Crippen molar-refractivity contribution in [3.05, 3.63) is 219 Å². The van der Waals surface area contributed by atoms with Crippen molar-refractivity contribution in [2.45, 2.75) is 119 Å². The first-order valence-corrected chi connectivity index (χ1v) is 26.5. The number of fused-ring (bicyclic) bond motifs is 1. The van der Waals surface area contributed by atoms with Crippen LogP contribution in [-0.2, 0) is 21.7 Å². The summed E-state index contributed by atoms with van der Waals surface area (Å²) in [7, 11) is 0. The van der Waals surface area contributed by atoms with Crippen molar-refractivity contribution in [3.63, 3.8) is 0 Å². The summed E-state index contributed by atoms with van der Waals surface area (Å²) >= 11 is 15.5. The Morgan fingerprint density at radius 1 is 0.370 bits per heavy atom. The van der Waals surface area contributed by atoms with Crippen molar-refractivity contribution in [2.24, 2.45) is 0 Å². The second-order valence-corrected chi connectivity index (χ2v) is 24.9. The van der Waals surface area contributed by atoms with Gasteiger partial charge in [0.05, 0.1) is 27.8 Å². The highest BCUT2D eigenvalue weighted by Crippen LogP contribution is 2.53. The molecule has 372 valence electrons. The SMILES string of the molecule is Cc1cc(C(C)(C)C)cc(C)c1B1N(c2ccccc2)c2ccc(N(c3ccc(C(C)(C)C)cc3)c3cc(Cl)cc(N(c4ccc(C(C)(C)C)cc4)c4ccc(C(C)(C)C)cc4)c3Cl)cc2N1c1ccccc1. The molecule has 0 amide bonds. The molecule has 0 aliphatic carbocycles. The molecule has 0 unspecified atom stereocenters.